The molecule has 0 bridgehead atoms. The van der Waals surface area contributed by atoms with Crippen LogP contribution < -0.4 is 5.56 Å². The number of hydrogen-bond acceptors (Lipinski definition) is 2. The average Bonchev–Trinajstić information content (AvgIpc) is 2.97. The Kier molecular flexibility index (Phi) is 3.13. The second-order valence-corrected chi connectivity index (χ2v) is 6.52. The molecule has 0 aliphatic carbocycles. The van der Waals surface area contributed by atoms with E-state index in [4.69, 9.17) is 0 Å². The Bertz CT molecular complexity index is 1110. The molecule has 0 saturated heterocycles. The van der Waals surface area contributed by atoms with E-state index in [-0.39, 0.29) is 5.56 Å². The van der Waals surface area contributed by atoms with Crippen molar-refractivity contribution in [2.24, 2.45) is 7.05 Å². The number of rotatable bonds is 1. The van der Waals surface area contributed by atoms with Crippen molar-refractivity contribution in [1.82, 2.24) is 14.2 Å². The molecule has 0 atom stereocenters. The third-order valence-corrected chi connectivity index (χ3v) is 4.71. The molecular formula is C18H14BrN3O. The summed E-state index contributed by atoms with van der Waals surface area (Å²) in [6.07, 6.45) is 1.82. The Morgan fingerprint density at radius 2 is 1.87 bits per heavy atom. The van der Waals surface area contributed by atoms with Crippen LogP contribution in [0.25, 0.3) is 27.7 Å². The first kappa shape index (κ1) is 14.2. The summed E-state index contributed by atoms with van der Waals surface area (Å²) in [6, 6.07) is 13.9. The average molecular weight is 368 g/mol. The SMILES string of the molecule is Cc1cc(Br)c2c(c1)c(=O)n(C)c1c(-c3ccccc3)cnn21. The lowest BCUT2D eigenvalue weighted by molar-refractivity contribution is 0.849. The van der Waals surface area contributed by atoms with Gasteiger partial charge in [-0.3, -0.25) is 9.36 Å². The van der Waals surface area contributed by atoms with Crippen molar-refractivity contribution in [3.8, 4) is 11.1 Å². The van der Waals surface area contributed by atoms with Crippen molar-refractivity contribution >= 4 is 32.5 Å². The zero-order valence-corrected chi connectivity index (χ0v) is 14.3. The van der Waals surface area contributed by atoms with Crippen LogP contribution >= 0.6 is 15.9 Å². The molecule has 2 heterocycles. The fourth-order valence-electron chi connectivity index (χ4n) is 3.04. The van der Waals surface area contributed by atoms with Crippen LogP contribution in [-0.4, -0.2) is 14.2 Å². The summed E-state index contributed by atoms with van der Waals surface area (Å²) in [5.74, 6) is 0. The number of benzene rings is 2. The van der Waals surface area contributed by atoms with Crippen LogP contribution in [0.15, 0.2) is 57.9 Å². The number of fused-ring (bicyclic) bond motifs is 3. The predicted molar refractivity (Wildman–Crippen MR) is 95.8 cm³/mol. The van der Waals surface area contributed by atoms with Gasteiger partial charge in [-0.05, 0) is 46.1 Å². The smallest absolute Gasteiger partial charge is 0.261 e. The van der Waals surface area contributed by atoms with E-state index in [1.165, 1.54) is 0 Å². The van der Waals surface area contributed by atoms with E-state index in [1.807, 2.05) is 60.1 Å². The number of hydrogen-bond donors (Lipinski definition) is 0. The van der Waals surface area contributed by atoms with E-state index in [0.29, 0.717) is 5.39 Å². The van der Waals surface area contributed by atoms with Crippen LogP contribution in [0.1, 0.15) is 5.56 Å². The van der Waals surface area contributed by atoms with E-state index < -0.39 is 0 Å². The largest absolute Gasteiger partial charge is 0.295 e. The van der Waals surface area contributed by atoms with Gasteiger partial charge in [0.2, 0.25) is 0 Å². The molecule has 4 rings (SSSR count). The van der Waals surface area contributed by atoms with Gasteiger partial charge in [-0.1, -0.05) is 30.3 Å². The second kappa shape index (κ2) is 5.06. The number of nitrogens with zero attached hydrogens (tertiary/aromatic N) is 3. The molecule has 0 radical (unpaired) electrons. The zero-order valence-electron chi connectivity index (χ0n) is 12.7. The van der Waals surface area contributed by atoms with Gasteiger partial charge in [0.25, 0.3) is 5.56 Å². The molecule has 2 aromatic heterocycles. The van der Waals surface area contributed by atoms with E-state index in [0.717, 1.165) is 32.3 Å². The third-order valence-electron chi connectivity index (χ3n) is 4.10. The predicted octanol–water partition coefficient (Wildman–Crippen LogP) is 3.92. The van der Waals surface area contributed by atoms with Crippen molar-refractivity contribution in [2.75, 3.05) is 0 Å². The zero-order chi connectivity index (χ0) is 16.1. The highest BCUT2D eigenvalue weighted by atomic mass is 79.9. The van der Waals surface area contributed by atoms with Gasteiger partial charge in [-0.15, -0.1) is 0 Å². The van der Waals surface area contributed by atoms with Gasteiger partial charge in [0.05, 0.1) is 17.1 Å². The van der Waals surface area contributed by atoms with Crippen LogP contribution in [0.2, 0.25) is 0 Å². The fraction of sp³-hybridized carbons (Fsp3) is 0.111. The van der Waals surface area contributed by atoms with Crippen molar-refractivity contribution in [1.29, 1.82) is 0 Å². The maximum absolute atomic E-state index is 12.8. The molecule has 0 saturated carbocycles. The molecule has 0 amide bonds. The lowest BCUT2D eigenvalue weighted by Crippen LogP contribution is -2.20. The van der Waals surface area contributed by atoms with Gasteiger partial charge in [-0.2, -0.15) is 5.10 Å². The molecular weight excluding hydrogens is 354 g/mol. The second-order valence-electron chi connectivity index (χ2n) is 5.67. The van der Waals surface area contributed by atoms with Crippen molar-refractivity contribution in [3.05, 3.63) is 69.1 Å². The molecule has 4 aromatic rings. The van der Waals surface area contributed by atoms with Gasteiger partial charge < -0.3 is 0 Å². The molecule has 4 nitrogen and oxygen atoms in total. The molecule has 5 heteroatoms. The highest BCUT2D eigenvalue weighted by molar-refractivity contribution is 9.10. The minimum Gasteiger partial charge on any atom is -0.295 e. The maximum atomic E-state index is 12.8. The Balaban J connectivity index is 2.23. The summed E-state index contributed by atoms with van der Waals surface area (Å²) >= 11 is 3.58. The number of aromatic nitrogens is 3. The van der Waals surface area contributed by atoms with Gasteiger partial charge >= 0.3 is 0 Å². The van der Waals surface area contributed by atoms with E-state index in [2.05, 4.69) is 21.0 Å². The van der Waals surface area contributed by atoms with E-state index >= 15 is 0 Å². The normalized spacial score (nSPS) is 11.4. The molecule has 0 spiro atoms. The first-order chi connectivity index (χ1) is 11.1. The minimum absolute atomic E-state index is 0.0189. The molecule has 0 aliphatic rings. The Labute approximate surface area is 141 Å². The lowest BCUT2D eigenvalue weighted by atomic mass is 10.1. The standard InChI is InChI=1S/C18H14BrN3O/c1-11-8-13-16(15(19)9-11)22-17(21(2)18(13)23)14(10-20-22)12-6-4-3-5-7-12/h3-10H,1-2H3. The van der Waals surface area contributed by atoms with Crippen molar-refractivity contribution in [2.45, 2.75) is 6.92 Å². The van der Waals surface area contributed by atoms with Crippen LogP contribution in [0.5, 0.6) is 0 Å². The topological polar surface area (TPSA) is 39.3 Å². The number of halogens is 1. The fourth-order valence-corrected chi connectivity index (χ4v) is 3.78. The molecule has 0 aliphatic heterocycles. The summed E-state index contributed by atoms with van der Waals surface area (Å²) < 4.78 is 4.38. The van der Waals surface area contributed by atoms with E-state index in [1.54, 1.807) is 11.6 Å². The Morgan fingerprint density at radius 3 is 2.61 bits per heavy atom. The highest BCUT2D eigenvalue weighted by Crippen LogP contribution is 2.29. The third kappa shape index (κ3) is 2.04. The first-order valence-electron chi connectivity index (χ1n) is 7.30. The molecule has 0 fully saturated rings. The quantitative estimate of drug-likeness (QED) is 0.511. The van der Waals surface area contributed by atoms with Crippen LogP contribution in [0.3, 0.4) is 0 Å². The monoisotopic (exact) mass is 367 g/mol. The molecule has 0 unspecified atom stereocenters. The summed E-state index contributed by atoms with van der Waals surface area (Å²) in [6.45, 7) is 1.98. The molecule has 2 aromatic carbocycles. The molecule has 0 N–H and O–H groups in total. The van der Waals surface area contributed by atoms with Crippen LogP contribution in [0, 0.1) is 6.92 Å². The molecule has 114 valence electrons. The summed E-state index contributed by atoms with van der Waals surface area (Å²) in [5, 5.41) is 5.20. The Hall–Kier alpha value is -2.40. The van der Waals surface area contributed by atoms with Crippen LogP contribution in [0.4, 0.5) is 0 Å². The van der Waals surface area contributed by atoms with Crippen molar-refractivity contribution < 1.29 is 0 Å². The Morgan fingerprint density at radius 1 is 1.13 bits per heavy atom. The van der Waals surface area contributed by atoms with Gasteiger partial charge in [0, 0.05) is 17.1 Å². The summed E-state index contributed by atoms with van der Waals surface area (Å²) in [4.78, 5) is 12.8. The lowest BCUT2D eigenvalue weighted by Gasteiger charge is -2.10. The summed E-state index contributed by atoms with van der Waals surface area (Å²) in [7, 11) is 1.79. The van der Waals surface area contributed by atoms with Gasteiger partial charge in [-0.25, -0.2) is 4.52 Å². The van der Waals surface area contributed by atoms with E-state index in [9.17, 15) is 4.79 Å². The minimum atomic E-state index is -0.0189. The van der Waals surface area contributed by atoms with Gasteiger partial charge in [0.1, 0.15) is 5.65 Å². The van der Waals surface area contributed by atoms with Gasteiger partial charge in [0.15, 0.2) is 0 Å². The maximum Gasteiger partial charge on any atom is 0.261 e. The van der Waals surface area contributed by atoms with Crippen LogP contribution in [-0.2, 0) is 7.05 Å². The number of aryl methyl sites for hydroxylation is 2. The van der Waals surface area contributed by atoms with Crippen molar-refractivity contribution in [3.63, 3.8) is 0 Å². The molecule has 23 heavy (non-hydrogen) atoms. The first-order valence-corrected chi connectivity index (χ1v) is 8.09. The summed E-state index contributed by atoms with van der Waals surface area (Å²) in [5.41, 5.74) is 4.60. The highest BCUT2D eigenvalue weighted by Gasteiger charge is 2.16.